The fourth-order valence-electron chi connectivity index (χ4n) is 1.65. The van der Waals surface area contributed by atoms with Crippen LogP contribution in [0.2, 0.25) is 0 Å². The van der Waals surface area contributed by atoms with Crippen LogP contribution in [0, 0.1) is 10.8 Å². The van der Waals surface area contributed by atoms with Gasteiger partial charge in [-0.25, -0.2) is 0 Å². The Labute approximate surface area is 111 Å². The first-order valence-electron chi connectivity index (χ1n) is 6.35. The predicted octanol–water partition coefficient (Wildman–Crippen LogP) is 2.80. The van der Waals surface area contributed by atoms with Gasteiger partial charge in [-0.1, -0.05) is 20.3 Å². The topological polar surface area (TPSA) is 53.1 Å². The molecule has 0 aromatic rings. The monoisotopic (exact) mass is 259 g/mol. The highest BCUT2D eigenvalue weighted by Crippen LogP contribution is 2.22. The molecule has 0 bridgehead atoms. The lowest BCUT2D eigenvalue weighted by Crippen LogP contribution is -2.33. The molecule has 1 unspecified atom stereocenters. The summed E-state index contributed by atoms with van der Waals surface area (Å²) in [6.45, 7) is 7.51. The summed E-state index contributed by atoms with van der Waals surface area (Å²) in [5, 5.41) is 7.50. The summed E-state index contributed by atoms with van der Waals surface area (Å²) in [6, 6.07) is 0.644. The summed E-state index contributed by atoms with van der Waals surface area (Å²) in [6.07, 6.45) is 5.49. The first kappa shape index (κ1) is 16.8. The molecule has 0 aliphatic carbocycles. The van der Waals surface area contributed by atoms with Gasteiger partial charge in [0.05, 0.1) is 5.84 Å². The molecule has 4 heteroatoms. The van der Waals surface area contributed by atoms with Crippen molar-refractivity contribution in [2.45, 2.75) is 46.1 Å². The van der Waals surface area contributed by atoms with Crippen LogP contribution in [0.1, 0.15) is 40.0 Å². The molecule has 3 nitrogen and oxygen atoms in total. The maximum absolute atomic E-state index is 7.50. The minimum atomic E-state index is -0.135. The van der Waals surface area contributed by atoms with Gasteiger partial charge in [0.25, 0.3) is 0 Å². The van der Waals surface area contributed by atoms with E-state index >= 15 is 0 Å². The van der Waals surface area contributed by atoms with Gasteiger partial charge in [0.2, 0.25) is 0 Å². The number of nitrogens with zero attached hydrogens (tertiary/aromatic N) is 1. The van der Waals surface area contributed by atoms with Crippen LogP contribution in [-0.2, 0) is 0 Å². The van der Waals surface area contributed by atoms with Gasteiger partial charge in [-0.2, -0.15) is 11.8 Å². The third kappa shape index (κ3) is 6.94. The van der Waals surface area contributed by atoms with Crippen LogP contribution < -0.4 is 5.73 Å². The summed E-state index contributed by atoms with van der Waals surface area (Å²) >= 11 is 1.90. The van der Waals surface area contributed by atoms with E-state index in [0.717, 1.165) is 19.4 Å². The largest absolute Gasteiger partial charge is 0.387 e. The van der Waals surface area contributed by atoms with Crippen molar-refractivity contribution >= 4 is 17.6 Å². The average Bonchev–Trinajstić information content (AvgIpc) is 2.24. The number of hydrogen-bond donors (Lipinski definition) is 2. The third-order valence-electron chi connectivity index (χ3n) is 3.45. The van der Waals surface area contributed by atoms with Crippen LogP contribution in [0.15, 0.2) is 0 Å². The van der Waals surface area contributed by atoms with Gasteiger partial charge < -0.3 is 10.6 Å². The van der Waals surface area contributed by atoms with Crippen LogP contribution in [0.25, 0.3) is 0 Å². The highest BCUT2D eigenvalue weighted by Gasteiger charge is 2.20. The SMILES string of the molecule is CSCC(C)N(C)CCCCC(C)(C)C(=N)N. The Bertz CT molecular complexity index is 229. The number of nitrogens with two attached hydrogens (primary N) is 1. The maximum atomic E-state index is 7.50. The van der Waals surface area contributed by atoms with Crippen LogP contribution in [0.5, 0.6) is 0 Å². The zero-order chi connectivity index (χ0) is 13.5. The quantitative estimate of drug-likeness (QED) is 0.380. The van der Waals surface area contributed by atoms with Gasteiger partial charge >= 0.3 is 0 Å². The Morgan fingerprint density at radius 3 is 2.47 bits per heavy atom. The fraction of sp³-hybridized carbons (Fsp3) is 0.923. The van der Waals surface area contributed by atoms with Gasteiger partial charge in [-0.05, 0) is 39.6 Å². The van der Waals surface area contributed by atoms with Crippen molar-refractivity contribution < 1.29 is 0 Å². The van der Waals surface area contributed by atoms with Gasteiger partial charge in [-0.15, -0.1) is 0 Å². The van der Waals surface area contributed by atoms with Crippen molar-refractivity contribution in [1.82, 2.24) is 4.90 Å². The maximum Gasteiger partial charge on any atom is 0.0963 e. The molecule has 0 aromatic heterocycles. The molecule has 0 saturated heterocycles. The highest BCUT2D eigenvalue weighted by atomic mass is 32.2. The van der Waals surface area contributed by atoms with Crippen molar-refractivity contribution in [2.75, 3.05) is 25.6 Å². The average molecular weight is 259 g/mol. The van der Waals surface area contributed by atoms with Crippen molar-refractivity contribution in [2.24, 2.45) is 11.1 Å². The number of rotatable bonds is 9. The lowest BCUT2D eigenvalue weighted by Gasteiger charge is -2.26. The minimum absolute atomic E-state index is 0.135. The van der Waals surface area contributed by atoms with Gasteiger partial charge in [0.15, 0.2) is 0 Å². The molecule has 0 aliphatic heterocycles. The first-order valence-corrected chi connectivity index (χ1v) is 7.74. The molecule has 3 N–H and O–H groups in total. The van der Waals surface area contributed by atoms with Gasteiger partial charge in [-0.3, -0.25) is 5.41 Å². The lowest BCUT2D eigenvalue weighted by atomic mass is 9.86. The van der Waals surface area contributed by atoms with E-state index in [1.807, 2.05) is 11.8 Å². The summed E-state index contributed by atoms with van der Waals surface area (Å²) in [5.41, 5.74) is 5.43. The number of hydrogen-bond acceptors (Lipinski definition) is 3. The number of unbranched alkanes of at least 4 members (excludes halogenated alkanes) is 1. The van der Waals surface area contributed by atoms with E-state index in [-0.39, 0.29) is 5.41 Å². The number of thioether (sulfide) groups is 1. The summed E-state index contributed by atoms with van der Waals surface area (Å²) in [5.74, 6) is 1.50. The molecule has 0 amide bonds. The molecule has 0 spiro atoms. The molecular formula is C13H29N3S. The number of nitrogens with one attached hydrogen (secondary N) is 1. The Hall–Kier alpha value is -0.220. The van der Waals surface area contributed by atoms with Crippen molar-refractivity contribution in [3.8, 4) is 0 Å². The van der Waals surface area contributed by atoms with E-state index in [1.54, 1.807) is 0 Å². The molecule has 0 fully saturated rings. The van der Waals surface area contributed by atoms with E-state index in [9.17, 15) is 0 Å². The summed E-state index contributed by atoms with van der Waals surface area (Å²) < 4.78 is 0. The minimum Gasteiger partial charge on any atom is -0.387 e. The van der Waals surface area contributed by atoms with Crippen LogP contribution in [-0.4, -0.2) is 42.4 Å². The standard InChI is InChI=1S/C13H29N3S/c1-11(10-17-5)16(4)9-7-6-8-13(2,3)12(14)15/h11H,6-10H2,1-5H3,(H3,14,15). The molecule has 0 aromatic carbocycles. The Kier molecular flexibility index (Phi) is 7.88. The van der Waals surface area contributed by atoms with Crippen molar-refractivity contribution in [3.63, 3.8) is 0 Å². The molecule has 0 heterocycles. The van der Waals surface area contributed by atoms with Gasteiger partial charge in [0.1, 0.15) is 0 Å². The Morgan fingerprint density at radius 1 is 1.41 bits per heavy atom. The normalized spacial score (nSPS) is 14.0. The fourth-order valence-corrected chi connectivity index (χ4v) is 2.39. The smallest absolute Gasteiger partial charge is 0.0963 e. The molecule has 17 heavy (non-hydrogen) atoms. The predicted molar refractivity (Wildman–Crippen MR) is 80.0 cm³/mol. The third-order valence-corrected chi connectivity index (χ3v) is 4.27. The van der Waals surface area contributed by atoms with E-state index in [4.69, 9.17) is 11.1 Å². The molecular weight excluding hydrogens is 230 g/mol. The van der Waals surface area contributed by atoms with E-state index < -0.39 is 0 Å². The van der Waals surface area contributed by atoms with E-state index in [2.05, 4.69) is 39.0 Å². The van der Waals surface area contributed by atoms with E-state index in [1.165, 1.54) is 12.2 Å². The zero-order valence-corrected chi connectivity index (χ0v) is 12.9. The second-order valence-corrected chi connectivity index (χ2v) is 6.45. The number of amidine groups is 1. The van der Waals surface area contributed by atoms with Crippen LogP contribution >= 0.6 is 11.8 Å². The van der Waals surface area contributed by atoms with Gasteiger partial charge in [0, 0.05) is 17.2 Å². The molecule has 102 valence electrons. The second kappa shape index (κ2) is 7.98. The zero-order valence-electron chi connectivity index (χ0n) is 12.0. The van der Waals surface area contributed by atoms with Crippen LogP contribution in [0.4, 0.5) is 0 Å². The molecule has 0 aliphatic rings. The molecule has 1 atom stereocenters. The summed E-state index contributed by atoms with van der Waals surface area (Å²) in [4.78, 5) is 2.41. The van der Waals surface area contributed by atoms with E-state index in [0.29, 0.717) is 11.9 Å². The Balaban J connectivity index is 3.74. The van der Waals surface area contributed by atoms with Crippen LogP contribution in [0.3, 0.4) is 0 Å². The second-order valence-electron chi connectivity index (χ2n) is 5.54. The Morgan fingerprint density at radius 2 is 2.00 bits per heavy atom. The highest BCUT2D eigenvalue weighted by molar-refractivity contribution is 7.98. The van der Waals surface area contributed by atoms with Crippen molar-refractivity contribution in [1.29, 1.82) is 5.41 Å². The first-order chi connectivity index (χ1) is 7.81. The molecule has 0 rings (SSSR count). The lowest BCUT2D eigenvalue weighted by molar-refractivity contribution is 0.266. The summed E-state index contributed by atoms with van der Waals surface area (Å²) in [7, 11) is 2.19. The molecule has 0 saturated carbocycles. The molecule has 0 radical (unpaired) electrons. The van der Waals surface area contributed by atoms with Crippen molar-refractivity contribution in [3.05, 3.63) is 0 Å².